The zero-order valence-corrected chi connectivity index (χ0v) is 12.2. The second-order valence-corrected chi connectivity index (χ2v) is 5.81. The average molecular weight is 253 g/mol. The Labute approximate surface area is 116 Å². The summed E-state index contributed by atoms with van der Waals surface area (Å²) in [5, 5.41) is 6.52. The highest BCUT2D eigenvalue weighted by atomic mass is 14.9. The third-order valence-corrected chi connectivity index (χ3v) is 4.77. The van der Waals surface area contributed by atoms with Crippen molar-refractivity contribution >= 4 is 10.8 Å². The van der Waals surface area contributed by atoms with Crippen molar-refractivity contribution in [1.29, 1.82) is 0 Å². The number of hydrogen-bond acceptors (Lipinski definition) is 1. The van der Waals surface area contributed by atoms with Crippen LogP contribution in [0.25, 0.3) is 10.8 Å². The Morgan fingerprint density at radius 2 is 1.84 bits per heavy atom. The Bertz CT molecular complexity index is 590. The van der Waals surface area contributed by atoms with Gasteiger partial charge in [0.05, 0.1) is 0 Å². The molecule has 2 aromatic rings. The monoisotopic (exact) mass is 253 g/mol. The lowest BCUT2D eigenvalue weighted by molar-refractivity contribution is 0.402. The van der Waals surface area contributed by atoms with E-state index in [-0.39, 0.29) is 0 Å². The molecule has 0 aromatic heterocycles. The molecule has 19 heavy (non-hydrogen) atoms. The minimum atomic E-state index is 0.454. The standard InChI is InChI=1S/C18H23N/c1-4-12(2)18(19-3)16-11-10-14-9-8-13-6-5-7-15(16)17(13)14/h5-7,10-12,18-19H,4,8-9H2,1-3H3. The number of aryl methyl sites for hydroxylation is 2. The zero-order chi connectivity index (χ0) is 13.4. The molecule has 1 nitrogen and oxygen atoms in total. The van der Waals surface area contributed by atoms with Crippen LogP contribution in [0.4, 0.5) is 0 Å². The predicted octanol–water partition coefficient (Wildman–Crippen LogP) is 4.25. The Morgan fingerprint density at radius 3 is 2.53 bits per heavy atom. The summed E-state index contributed by atoms with van der Waals surface area (Å²) >= 11 is 0. The summed E-state index contributed by atoms with van der Waals surface area (Å²) in [5.41, 5.74) is 4.54. The summed E-state index contributed by atoms with van der Waals surface area (Å²) in [6.07, 6.45) is 3.63. The SMILES string of the molecule is CCC(C)C(NC)c1ccc2c3c(cccc13)CC2. The maximum absolute atomic E-state index is 3.52. The van der Waals surface area contributed by atoms with Crippen LogP contribution in [0.1, 0.15) is 43.0 Å². The molecule has 0 spiro atoms. The van der Waals surface area contributed by atoms with E-state index in [1.165, 1.54) is 46.7 Å². The van der Waals surface area contributed by atoms with E-state index >= 15 is 0 Å². The maximum Gasteiger partial charge on any atom is 0.0349 e. The van der Waals surface area contributed by atoms with E-state index in [1.807, 2.05) is 0 Å². The Morgan fingerprint density at radius 1 is 1.11 bits per heavy atom. The van der Waals surface area contributed by atoms with E-state index < -0.39 is 0 Å². The minimum absolute atomic E-state index is 0.454. The first-order chi connectivity index (χ1) is 9.26. The third kappa shape index (κ3) is 1.97. The topological polar surface area (TPSA) is 12.0 Å². The van der Waals surface area contributed by atoms with Gasteiger partial charge in [0.2, 0.25) is 0 Å². The molecular weight excluding hydrogens is 230 g/mol. The Balaban J connectivity index is 2.20. The van der Waals surface area contributed by atoms with Gasteiger partial charge in [-0.3, -0.25) is 0 Å². The van der Waals surface area contributed by atoms with Crippen LogP contribution >= 0.6 is 0 Å². The number of rotatable bonds is 4. The summed E-state index contributed by atoms with van der Waals surface area (Å²) < 4.78 is 0. The van der Waals surface area contributed by atoms with Gasteiger partial charge in [0.25, 0.3) is 0 Å². The van der Waals surface area contributed by atoms with Crippen LogP contribution in [0.15, 0.2) is 30.3 Å². The molecule has 2 atom stereocenters. The molecule has 100 valence electrons. The largest absolute Gasteiger partial charge is 0.313 e. The van der Waals surface area contributed by atoms with Gasteiger partial charge in [-0.15, -0.1) is 0 Å². The van der Waals surface area contributed by atoms with Gasteiger partial charge in [-0.05, 0) is 53.3 Å². The lowest BCUT2D eigenvalue weighted by Gasteiger charge is -2.25. The highest BCUT2D eigenvalue weighted by Crippen LogP contribution is 2.37. The van der Waals surface area contributed by atoms with Crippen LogP contribution < -0.4 is 5.32 Å². The molecule has 1 N–H and O–H groups in total. The van der Waals surface area contributed by atoms with Gasteiger partial charge in [-0.1, -0.05) is 50.6 Å². The fourth-order valence-electron chi connectivity index (χ4n) is 3.52. The van der Waals surface area contributed by atoms with Crippen LogP contribution in [-0.2, 0) is 12.8 Å². The summed E-state index contributed by atoms with van der Waals surface area (Å²) in [4.78, 5) is 0. The molecule has 1 aliphatic carbocycles. The molecule has 0 saturated carbocycles. The first-order valence-corrected chi connectivity index (χ1v) is 7.47. The number of hydrogen-bond donors (Lipinski definition) is 1. The molecule has 0 saturated heterocycles. The second-order valence-electron chi connectivity index (χ2n) is 5.81. The van der Waals surface area contributed by atoms with Crippen molar-refractivity contribution in [1.82, 2.24) is 5.32 Å². The van der Waals surface area contributed by atoms with E-state index in [0.29, 0.717) is 12.0 Å². The van der Waals surface area contributed by atoms with Crippen LogP contribution in [-0.4, -0.2) is 7.05 Å². The highest BCUT2D eigenvalue weighted by molar-refractivity contribution is 5.93. The van der Waals surface area contributed by atoms with Crippen molar-refractivity contribution in [3.63, 3.8) is 0 Å². The quantitative estimate of drug-likeness (QED) is 0.859. The highest BCUT2D eigenvalue weighted by Gasteiger charge is 2.21. The maximum atomic E-state index is 3.52. The van der Waals surface area contributed by atoms with E-state index in [2.05, 4.69) is 56.5 Å². The summed E-state index contributed by atoms with van der Waals surface area (Å²) in [7, 11) is 2.08. The van der Waals surface area contributed by atoms with Gasteiger partial charge in [-0.25, -0.2) is 0 Å². The van der Waals surface area contributed by atoms with Crippen molar-refractivity contribution in [2.24, 2.45) is 5.92 Å². The zero-order valence-electron chi connectivity index (χ0n) is 12.2. The fraction of sp³-hybridized carbons (Fsp3) is 0.444. The van der Waals surface area contributed by atoms with Crippen molar-refractivity contribution < 1.29 is 0 Å². The summed E-state index contributed by atoms with van der Waals surface area (Å²) in [6.45, 7) is 4.61. The number of nitrogens with one attached hydrogen (secondary N) is 1. The van der Waals surface area contributed by atoms with E-state index in [9.17, 15) is 0 Å². The lowest BCUT2D eigenvalue weighted by atomic mass is 9.88. The van der Waals surface area contributed by atoms with Crippen LogP contribution in [0, 0.1) is 5.92 Å². The molecule has 1 aliphatic rings. The number of benzene rings is 2. The smallest absolute Gasteiger partial charge is 0.0349 e. The predicted molar refractivity (Wildman–Crippen MR) is 82.6 cm³/mol. The van der Waals surface area contributed by atoms with Gasteiger partial charge in [0.1, 0.15) is 0 Å². The van der Waals surface area contributed by atoms with E-state index in [1.54, 1.807) is 0 Å². The van der Waals surface area contributed by atoms with Crippen molar-refractivity contribution in [3.8, 4) is 0 Å². The fourth-order valence-corrected chi connectivity index (χ4v) is 3.52. The van der Waals surface area contributed by atoms with E-state index in [4.69, 9.17) is 0 Å². The first-order valence-electron chi connectivity index (χ1n) is 7.47. The normalized spacial score (nSPS) is 16.8. The third-order valence-electron chi connectivity index (χ3n) is 4.77. The van der Waals surface area contributed by atoms with Gasteiger partial charge in [0.15, 0.2) is 0 Å². The first kappa shape index (κ1) is 12.7. The molecule has 0 aliphatic heterocycles. The molecule has 0 radical (unpaired) electrons. The molecule has 0 amide bonds. The average Bonchev–Trinajstić information content (AvgIpc) is 2.87. The van der Waals surface area contributed by atoms with Crippen LogP contribution in [0.3, 0.4) is 0 Å². The second kappa shape index (κ2) is 4.97. The molecule has 2 aromatic carbocycles. The lowest BCUT2D eigenvalue weighted by Crippen LogP contribution is -2.23. The van der Waals surface area contributed by atoms with Crippen LogP contribution in [0.2, 0.25) is 0 Å². The van der Waals surface area contributed by atoms with Gasteiger partial charge in [-0.2, -0.15) is 0 Å². The van der Waals surface area contributed by atoms with Gasteiger partial charge >= 0.3 is 0 Å². The van der Waals surface area contributed by atoms with E-state index in [0.717, 1.165) is 0 Å². The van der Waals surface area contributed by atoms with Crippen molar-refractivity contribution in [2.75, 3.05) is 7.05 Å². The van der Waals surface area contributed by atoms with Gasteiger partial charge in [0, 0.05) is 6.04 Å². The minimum Gasteiger partial charge on any atom is -0.313 e. The van der Waals surface area contributed by atoms with Crippen molar-refractivity contribution in [3.05, 3.63) is 47.0 Å². The van der Waals surface area contributed by atoms with Gasteiger partial charge < -0.3 is 5.32 Å². The molecule has 0 fully saturated rings. The summed E-state index contributed by atoms with van der Waals surface area (Å²) in [5.74, 6) is 0.656. The molecule has 2 unspecified atom stereocenters. The Kier molecular flexibility index (Phi) is 3.32. The molecule has 1 heteroatoms. The Hall–Kier alpha value is -1.34. The van der Waals surface area contributed by atoms with Crippen LogP contribution in [0.5, 0.6) is 0 Å². The molecule has 0 heterocycles. The molecule has 0 bridgehead atoms. The molecule has 3 rings (SSSR count). The summed E-state index contributed by atoms with van der Waals surface area (Å²) in [6, 6.07) is 12.0. The van der Waals surface area contributed by atoms with Crippen molar-refractivity contribution in [2.45, 2.75) is 39.2 Å². The molecular formula is C18H23N.